The van der Waals surface area contributed by atoms with Crippen LogP contribution in [0.5, 0.6) is 11.5 Å². The first-order valence-corrected chi connectivity index (χ1v) is 6.45. The Morgan fingerprint density at radius 3 is 2.86 bits per heavy atom. The van der Waals surface area contributed by atoms with Crippen molar-refractivity contribution < 1.29 is 14.3 Å². The summed E-state index contributed by atoms with van der Waals surface area (Å²) in [6.45, 7) is 0.155. The first-order valence-electron chi connectivity index (χ1n) is 6.45. The van der Waals surface area contributed by atoms with E-state index in [1.807, 2.05) is 18.2 Å². The molecule has 2 aromatic rings. The van der Waals surface area contributed by atoms with Crippen LogP contribution in [0.4, 0.5) is 0 Å². The molecular weight excluding hydrogens is 270 g/mol. The van der Waals surface area contributed by atoms with Crippen molar-refractivity contribution in [3.8, 4) is 11.5 Å². The zero-order valence-corrected chi connectivity index (χ0v) is 11.1. The predicted molar refractivity (Wildman–Crippen MR) is 76.3 cm³/mol. The SMILES string of the molecule is O=C(N/N=C\c1ccccn1)[C@@H]1COc2ccccc2O1. The predicted octanol–water partition coefficient (Wildman–Crippen LogP) is 1.37. The first-order chi connectivity index (χ1) is 10.3. The first kappa shape index (κ1) is 13.1. The number of nitrogens with zero attached hydrogens (tertiary/aromatic N) is 2. The van der Waals surface area contributed by atoms with Crippen LogP contribution >= 0.6 is 0 Å². The highest BCUT2D eigenvalue weighted by Crippen LogP contribution is 2.30. The Bertz CT molecular complexity index is 658. The Morgan fingerprint density at radius 2 is 2.05 bits per heavy atom. The number of fused-ring (bicyclic) bond motifs is 1. The van der Waals surface area contributed by atoms with Gasteiger partial charge < -0.3 is 9.47 Å². The molecule has 0 bridgehead atoms. The number of ether oxygens (including phenoxy) is 2. The van der Waals surface area contributed by atoms with Crippen LogP contribution in [0.3, 0.4) is 0 Å². The highest BCUT2D eigenvalue weighted by atomic mass is 16.6. The van der Waals surface area contributed by atoms with Crippen LogP contribution in [0, 0.1) is 0 Å². The zero-order valence-electron chi connectivity index (χ0n) is 11.1. The molecule has 1 N–H and O–H groups in total. The molecule has 0 spiro atoms. The summed E-state index contributed by atoms with van der Waals surface area (Å²) in [7, 11) is 0. The van der Waals surface area contributed by atoms with Gasteiger partial charge in [0, 0.05) is 6.20 Å². The van der Waals surface area contributed by atoms with Crippen molar-refractivity contribution in [1.29, 1.82) is 0 Å². The van der Waals surface area contributed by atoms with Crippen molar-refractivity contribution in [3.05, 3.63) is 54.4 Å². The molecule has 0 saturated carbocycles. The summed E-state index contributed by atoms with van der Waals surface area (Å²) < 4.78 is 11.0. The van der Waals surface area contributed by atoms with Crippen LogP contribution < -0.4 is 14.9 Å². The van der Waals surface area contributed by atoms with Crippen molar-refractivity contribution >= 4 is 12.1 Å². The van der Waals surface area contributed by atoms with E-state index in [2.05, 4.69) is 15.5 Å². The van der Waals surface area contributed by atoms with E-state index >= 15 is 0 Å². The molecule has 0 fully saturated rings. The molecule has 1 aliphatic rings. The number of para-hydroxylation sites is 2. The third-order valence-electron chi connectivity index (χ3n) is 2.86. The minimum Gasteiger partial charge on any atom is -0.485 e. The fourth-order valence-corrected chi connectivity index (χ4v) is 1.84. The number of hydrogen-bond acceptors (Lipinski definition) is 5. The lowest BCUT2D eigenvalue weighted by Gasteiger charge is -2.24. The number of hydrazone groups is 1. The van der Waals surface area contributed by atoms with Crippen LogP contribution in [0.1, 0.15) is 5.69 Å². The summed E-state index contributed by atoms with van der Waals surface area (Å²) in [6.07, 6.45) is 2.40. The third-order valence-corrected chi connectivity index (χ3v) is 2.86. The maximum atomic E-state index is 11.9. The lowest BCUT2D eigenvalue weighted by Crippen LogP contribution is -2.42. The fourth-order valence-electron chi connectivity index (χ4n) is 1.84. The van der Waals surface area contributed by atoms with E-state index in [1.54, 1.807) is 30.5 Å². The fraction of sp³-hybridized carbons (Fsp3) is 0.133. The van der Waals surface area contributed by atoms with E-state index < -0.39 is 6.10 Å². The van der Waals surface area contributed by atoms with Gasteiger partial charge in [0.25, 0.3) is 5.91 Å². The minimum absolute atomic E-state index is 0.155. The number of rotatable bonds is 3. The van der Waals surface area contributed by atoms with E-state index in [-0.39, 0.29) is 12.5 Å². The molecule has 1 aromatic heterocycles. The Morgan fingerprint density at radius 1 is 1.24 bits per heavy atom. The van der Waals surface area contributed by atoms with Gasteiger partial charge in [0.05, 0.1) is 11.9 Å². The number of aromatic nitrogens is 1. The lowest BCUT2D eigenvalue weighted by atomic mass is 10.2. The molecule has 0 aliphatic carbocycles. The number of carbonyl (C=O) groups is 1. The molecule has 6 nitrogen and oxygen atoms in total. The second-order valence-corrected chi connectivity index (χ2v) is 4.35. The zero-order chi connectivity index (χ0) is 14.5. The summed E-state index contributed by atoms with van der Waals surface area (Å²) in [5.74, 6) is 0.827. The summed E-state index contributed by atoms with van der Waals surface area (Å²) >= 11 is 0. The lowest BCUT2D eigenvalue weighted by molar-refractivity contribution is -0.130. The topological polar surface area (TPSA) is 72.8 Å². The summed E-state index contributed by atoms with van der Waals surface area (Å²) in [5, 5.41) is 3.85. The second-order valence-electron chi connectivity index (χ2n) is 4.35. The molecule has 1 amide bonds. The monoisotopic (exact) mass is 283 g/mol. The Labute approximate surface area is 121 Å². The molecule has 6 heteroatoms. The average Bonchev–Trinajstić information content (AvgIpc) is 2.55. The number of nitrogens with one attached hydrogen (secondary N) is 1. The van der Waals surface area contributed by atoms with E-state index in [0.29, 0.717) is 17.2 Å². The van der Waals surface area contributed by atoms with E-state index in [4.69, 9.17) is 9.47 Å². The largest absolute Gasteiger partial charge is 0.485 e. The van der Waals surface area contributed by atoms with Crippen LogP contribution in [-0.4, -0.2) is 29.8 Å². The maximum absolute atomic E-state index is 11.9. The maximum Gasteiger partial charge on any atom is 0.284 e. The second kappa shape index (κ2) is 6.04. The van der Waals surface area contributed by atoms with Crippen molar-refractivity contribution in [2.24, 2.45) is 5.10 Å². The molecule has 1 aliphatic heterocycles. The van der Waals surface area contributed by atoms with Gasteiger partial charge in [0.2, 0.25) is 6.10 Å². The minimum atomic E-state index is -0.721. The number of hydrogen-bond donors (Lipinski definition) is 1. The molecule has 1 atom stereocenters. The molecule has 0 unspecified atom stereocenters. The molecule has 2 heterocycles. The number of pyridine rings is 1. The number of amides is 1. The van der Waals surface area contributed by atoms with Gasteiger partial charge in [-0.3, -0.25) is 9.78 Å². The van der Waals surface area contributed by atoms with Crippen LogP contribution in [-0.2, 0) is 4.79 Å². The summed E-state index contributed by atoms with van der Waals surface area (Å²) in [4.78, 5) is 16.0. The van der Waals surface area contributed by atoms with Gasteiger partial charge in [-0.1, -0.05) is 18.2 Å². The van der Waals surface area contributed by atoms with Crippen LogP contribution in [0.15, 0.2) is 53.8 Å². The molecule has 21 heavy (non-hydrogen) atoms. The van der Waals surface area contributed by atoms with Gasteiger partial charge >= 0.3 is 0 Å². The third kappa shape index (κ3) is 3.17. The number of carbonyl (C=O) groups excluding carboxylic acids is 1. The van der Waals surface area contributed by atoms with E-state index in [1.165, 1.54) is 6.21 Å². The Hall–Kier alpha value is -2.89. The molecule has 3 rings (SSSR count). The van der Waals surface area contributed by atoms with E-state index in [9.17, 15) is 4.79 Å². The highest BCUT2D eigenvalue weighted by molar-refractivity contribution is 5.84. The molecule has 106 valence electrons. The van der Waals surface area contributed by atoms with Crippen LogP contribution in [0.25, 0.3) is 0 Å². The van der Waals surface area contributed by atoms with Gasteiger partial charge in [0.1, 0.15) is 6.61 Å². The van der Waals surface area contributed by atoms with Crippen molar-refractivity contribution in [2.75, 3.05) is 6.61 Å². The van der Waals surface area contributed by atoms with Crippen molar-refractivity contribution in [1.82, 2.24) is 10.4 Å². The van der Waals surface area contributed by atoms with Crippen LogP contribution in [0.2, 0.25) is 0 Å². The molecular formula is C15H13N3O3. The van der Waals surface area contributed by atoms with Crippen molar-refractivity contribution in [3.63, 3.8) is 0 Å². The van der Waals surface area contributed by atoms with E-state index in [0.717, 1.165) is 0 Å². The summed E-state index contributed by atoms with van der Waals surface area (Å²) in [6, 6.07) is 12.6. The Balaban J connectivity index is 1.59. The highest BCUT2D eigenvalue weighted by Gasteiger charge is 2.26. The normalized spacial score (nSPS) is 16.7. The number of benzene rings is 1. The van der Waals surface area contributed by atoms with Gasteiger partial charge in [-0.15, -0.1) is 0 Å². The standard InChI is InChI=1S/C15H13N3O3/c19-15(18-17-9-11-5-3-4-8-16-11)14-10-20-12-6-1-2-7-13(12)21-14/h1-9,14H,10H2,(H,18,19)/b17-9-/t14-/m0/s1. The van der Waals surface area contributed by atoms with Gasteiger partial charge in [0.15, 0.2) is 11.5 Å². The quantitative estimate of drug-likeness (QED) is 0.682. The summed E-state index contributed by atoms with van der Waals surface area (Å²) in [5.41, 5.74) is 3.07. The molecule has 1 aromatic carbocycles. The van der Waals surface area contributed by atoms with Gasteiger partial charge in [-0.05, 0) is 24.3 Å². The van der Waals surface area contributed by atoms with Crippen molar-refractivity contribution in [2.45, 2.75) is 6.10 Å². The molecule has 0 saturated heterocycles. The Kier molecular flexibility index (Phi) is 3.77. The van der Waals surface area contributed by atoms with Gasteiger partial charge in [-0.2, -0.15) is 5.10 Å². The molecule has 0 radical (unpaired) electrons. The van der Waals surface area contributed by atoms with Gasteiger partial charge in [-0.25, -0.2) is 5.43 Å². The average molecular weight is 283 g/mol. The smallest absolute Gasteiger partial charge is 0.284 e.